The van der Waals surface area contributed by atoms with Crippen LogP contribution in [-0.2, 0) is 14.3 Å². The van der Waals surface area contributed by atoms with Gasteiger partial charge in [-0.15, -0.1) is 11.8 Å². The second kappa shape index (κ2) is 7.85. The minimum Gasteiger partial charge on any atom is -0.378 e. The first-order valence-electron chi connectivity index (χ1n) is 7.13. The third kappa shape index (κ3) is 4.64. The third-order valence-electron chi connectivity index (χ3n) is 3.63. The number of morpholine rings is 1. The number of hydrogen-bond donors (Lipinski definition) is 1. The summed E-state index contributed by atoms with van der Waals surface area (Å²) in [5.41, 5.74) is 5.86. The Morgan fingerprint density at radius 1 is 1.10 bits per heavy atom. The van der Waals surface area contributed by atoms with Crippen LogP contribution >= 0.6 is 11.8 Å². The molecule has 2 fully saturated rings. The van der Waals surface area contributed by atoms with Gasteiger partial charge in [-0.2, -0.15) is 0 Å². The molecule has 6 nitrogen and oxygen atoms in total. The Morgan fingerprint density at radius 3 is 2.40 bits per heavy atom. The fourth-order valence-electron chi connectivity index (χ4n) is 2.46. The molecule has 2 rings (SSSR count). The lowest BCUT2D eigenvalue weighted by molar-refractivity contribution is -0.132. The SMILES string of the molecule is NC1CCCN(C(=O)CSCC(=O)N2CCOCC2)C1. The first-order valence-corrected chi connectivity index (χ1v) is 8.29. The van der Waals surface area contributed by atoms with Gasteiger partial charge in [0.1, 0.15) is 0 Å². The molecule has 2 amide bonds. The fraction of sp³-hybridized carbons (Fsp3) is 0.846. The van der Waals surface area contributed by atoms with Crippen LogP contribution in [0.4, 0.5) is 0 Å². The molecule has 0 aromatic carbocycles. The second-order valence-electron chi connectivity index (χ2n) is 5.23. The molecule has 7 heteroatoms. The van der Waals surface area contributed by atoms with Gasteiger partial charge >= 0.3 is 0 Å². The lowest BCUT2D eigenvalue weighted by Crippen LogP contribution is -2.46. The molecule has 0 bridgehead atoms. The molecular weight excluding hydrogens is 278 g/mol. The predicted molar refractivity (Wildman–Crippen MR) is 78.5 cm³/mol. The highest BCUT2D eigenvalue weighted by Gasteiger charge is 2.22. The van der Waals surface area contributed by atoms with Crippen LogP contribution in [0.3, 0.4) is 0 Å². The Hall–Kier alpha value is -0.790. The van der Waals surface area contributed by atoms with E-state index < -0.39 is 0 Å². The zero-order chi connectivity index (χ0) is 14.4. The van der Waals surface area contributed by atoms with E-state index in [1.165, 1.54) is 11.8 Å². The van der Waals surface area contributed by atoms with E-state index in [0.29, 0.717) is 44.4 Å². The normalized spacial score (nSPS) is 23.8. The maximum Gasteiger partial charge on any atom is 0.232 e. The van der Waals surface area contributed by atoms with E-state index in [0.717, 1.165) is 19.4 Å². The zero-order valence-electron chi connectivity index (χ0n) is 11.8. The maximum absolute atomic E-state index is 12.0. The quantitative estimate of drug-likeness (QED) is 0.759. The lowest BCUT2D eigenvalue weighted by Gasteiger charge is -2.31. The van der Waals surface area contributed by atoms with Gasteiger partial charge in [0, 0.05) is 32.2 Å². The summed E-state index contributed by atoms with van der Waals surface area (Å²) < 4.78 is 5.21. The monoisotopic (exact) mass is 301 g/mol. The highest BCUT2D eigenvalue weighted by atomic mass is 32.2. The largest absolute Gasteiger partial charge is 0.378 e. The molecule has 2 aliphatic heterocycles. The van der Waals surface area contributed by atoms with E-state index in [1.807, 2.05) is 4.90 Å². The minimum absolute atomic E-state index is 0.0972. The van der Waals surface area contributed by atoms with Gasteiger partial charge in [-0.25, -0.2) is 0 Å². The number of amides is 2. The first kappa shape index (κ1) is 15.6. The van der Waals surface area contributed by atoms with Crippen molar-refractivity contribution in [2.24, 2.45) is 5.73 Å². The van der Waals surface area contributed by atoms with E-state index in [9.17, 15) is 9.59 Å². The Bertz CT molecular complexity index is 348. The predicted octanol–water partition coefficient (Wildman–Crippen LogP) is -0.472. The summed E-state index contributed by atoms with van der Waals surface area (Å²) in [4.78, 5) is 27.5. The Kier molecular flexibility index (Phi) is 6.12. The molecule has 1 atom stereocenters. The van der Waals surface area contributed by atoms with E-state index in [-0.39, 0.29) is 17.9 Å². The van der Waals surface area contributed by atoms with Crippen LogP contribution in [0.1, 0.15) is 12.8 Å². The molecule has 1 unspecified atom stereocenters. The van der Waals surface area contributed by atoms with Crippen LogP contribution in [0.15, 0.2) is 0 Å². The second-order valence-corrected chi connectivity index (χ2v) is 6.21. The van der Waals surface area contributed by atoms with Gasteiger partial charge in [-0.1, -0.05) is 0 Å². The Balaban J connectivity index is 1.64. The fourth-order valence-corrected chi connectivity index (χ4v) is 3.27. The number of nitrogens with two attached hydrogens (primary N) is 1. The molecule has 0 saturated carbocycles. The molecule has 2 heterocycles. The van der Waals surface area contributed by atoms with Gasteiger partial charge in [-0.05, 0) is 12.8 Å². The van der Waals surface area contributed by atoms with Gasteiger partial charge in [-0.3, -0.25) is 9.59 Å². The Morgan fingerprint density at radius 2 is 1.75 bits per heavy atom. The molecule has 2 aliphatic rings. The summed E-state index contributed by atoms with van der Waals surface area (Å²) in [5, 5.41) is 0. The zero-order valence-corrected chi connectivity index (χ0v) is 12.6. The van der Waals surface area contributed by atoms with Gasteiger partial charge in [0.05, 0.1) is 24.7 Å². The molecule has 114 valence electrons. The van der Waals surface area contributed by atoms with E-state index in [2.05, 4.69) is 0 Å². The number of rotatable bonds is 4. The summed E-state index contributed by atoms with van der Waals surface area (Å²) in [7, 11) is 0. The van der Waals surface area contributed by atoms with Crippen molar-refractivity contribution in [2.45, 2.75) is 18.9 Å². The number of piperidine rings is 1. The molecule has 2 saturated heterocycles. The number of nitrogens with zero attached hydrogens (tertiary/aromatic N) is 2. The summed E-state index contributed by atoms with van der Waals surface area (Å²) in [6.45, 7) is 3.99. The lowest BCUT2D eigenvalue weighted by atomic mass is 10.1. The molecule has 0 aromatic rings. The third-order valence-corrected chi connectivity index (χ3v) is 4.53. The van der Waals surface area contributed by atoms with Gasteiger partial charge < -0.3 is 20.3 Å². The van der Waals surface area contributed by atoms with E-state index in [1.54, 1.807) is 4.90 Å². The van der Waals surface area contributed by atoms with Crippen molar-refractivity contribution < 1.29 is 14.3 Å². The average Bonchev–Trinajstić information content (AvgIpc) is 2.48. The summed E-state index contributed by atoms with van der Waals surface area (Å²) in [5.74, 6) is 0.926. The van der Waals surface area contributed by atoms with Crippen molar-refractivity contribution >= 4 is 23.6 Å². The van der Waals surface area contributed by atoms with Crippen molar-refractivity contribution in [1.82, 2.24) is 9.80 Å². The number of likely N-dealkylation sites (tertiary alicyclic amines) is 1. The van der Waals surface area contributed by atoms with Gasteiger partial charge in [0.2, 0.25) is 11.8 Å². The van der Waals surface area contributed by atoms with Crippen LogP contribution in [-0.4, -0.2) is 78.6 Å². The summed E-state index contributed by atoms with van der Waals surface area (Å²) in [6.07, 6.45) is 1.97. The molecule has 0 radical (unpaired) electrons. The number of hydrogen-bond acceptors (Lipinski definition) is 5. The maximum atomic E-state index is 12.0. The minimum atomic E-state index is 0.0972. The first-order chi connectivity index (χ1) is 9.66. The highest BCUT2D eigenvalue weighted by Crippen LogP contribution is 2.11. The van der Waals surface area contributed by atoms with E-state index >= 15 is 0 Å². The van der Waals surface area contributed by atoms with Crippen molar-refractivity contribution in [3.8, 4) is 0 Å². The smallest absolute Gasteiger partial charge is 0.232 e. The number of carbonyl (C=O) groups is 2. The van der Waals surface area contributed by atoms with Gasteiger partial charge in [0.15, 0.2) is 0 Å². The highest BCUT2D eigenvalue weighted by molar-refractivity contribution is 8.00. The number of ether oxygens (including phenoxy) is 1. The molecule has 2 N–H and O–H groups in total. The molecule has 0 aliphatic carbocycles. The summed E-state index contributed by atoms with van der Waals surface area (Å²) >= 11 is 1.39. The topological polar surface area (TPSA) is 75.9 Å². The standard InChI is InChI=1S/C13H23N3O3S/c14-11-2-1-3-16(8-11)13(18)10-20-9-12(17)15-4-6-19-7-5-15/h11H,1-10,14H2. The van der Waals surface area contributed by atoms with Gasteiger partial charge in [0.25, 0.3) is 0 Å². The Labute approximate surface area is 124 Å². The van der Waals surface area contributed by atoms with Crippen molar-refractivity contribution in [3.05, 3.63) is 0 Å². The van der Waals surface area contributed by atoms with Crippen molar-refractivity contribution in [1.29, 1.82) is 0 Å². The van der Waals surface area contributed by atoms with Crippen LogP contribution < -0.4 is 5.73 Å². The van der Waals surface area contributed by atoms with Crippen LogP contribution in [0, 0.1) is 0 Å². The van der Waals surface area contributed by atoms with Crippen LogP contribution in [0.2, 0.25) is 0 Å². The molecular formula is C13H23N3O3S. The van der Waals surface area contributed by atoms with Crippen LogP contribution in [0.25, 0.3) is 0 Å². The van der Waals surface area contributed by atoms with Crippen LogP contribution in [0.5, 0.6) is 0 Å². The van der Waals surface area contributed by atoms with Crippen molar-refractivity contribution in [3.63, 3.8) is 0 Å². The number of carbonyl (C=O) groups excluding carboxylic acids is 2. The van der Waals surface area contributed by atoms with Crippen molar-refractivity contribution in [2.75, 3.05) is 50.9 Å². The average molecular weight is 301 g/mol. The summed E-state index contributed by atoms with van der Waals surface area (Å²) in [6, 6.07) is 0.104. The molecule has 0 spiro atoms. The van der Waals surface area contributed by atoms with E-state index in [4.69, 9.17) is 10.5 Å². The molecule has 0 aromatic heterocycles. The molecule has 20 heavy (non-hydrogen) atoms. The number of thioether (sulfide) groups is 1.